The number of aliphatic hydroxyl groups is 1. The van der Waals surface area contributed by atoms with Crippen molar-refractivity contribution in [3.8, 4) is 0 Å². The lowest BCUT2D eigenvalue weighted by molar-refractivity contribution is -0.119. The molecule has 25 heavy (non-hydrogen) atoms. The van der Waals surface area contributed by atoms with Crippen LogP contribution in [0.3, 0.4) is 0 Å². The molecular weight excluding hydrogens is 312 g/mol. The van der Waals surface area contributed by atoms with E-state index in [1.807, 2.05) is 6.07 Å². The van der Waals surface area contributed by atoms with Gasteiger partial charge in [0.2, 0.25) is 0 Å². The van der Waals surface area contributed by atoms with Crippen LogP contribution in [-0.2, 0) is 11.2 Å². The molecule has 1 saturated heterocycles. The number of piperidine rings is 1. The Morgan fingerprint density at radius 1 is 1.12 bits per heavy atom. The minimum atomic E-state index is -0.0443. The molecule has 0 unspecified atom stereocenters. The van der Waals surface area contributed by atoms with Gasteiger partial charge in [-0.25, -0.2) is 0 Å². The number of allylic oxidation sites excluding steroid dienone is 1. The van der Waals surface area contributed by atoms with E-state index in [1.54, 1.807) is 24.4 Å². The highest BCUT2D eigenvalue weighted by atomic mass is 16.3. The molecule has 2 aromatic rings. The first kappa shape index (κ1) is 17.4. The van der Waals surface area contributed by atoms with Gasteiger partial charge in [0.1, 0.15) is 11.5 Å². The fraction of sp³-hybridized carbons (Fsp3) is 0.333. The number of carbonyl (C=O) groups excluding carboxylic acids is 1. The van der Waals surface area contributed by atoms with E-state index in [0.717, 1.165) is 38.9 Å². The van der Waals surface area contributed by atoms with Gasteiger partial charge in [0.05, 0.1) is 0 Å². The lowest BCUT2D eigenvalue weighted by atomic mass is 9.91. The maximum Gasteiger partial charge on any atom is 0.162 e. The first-order chi connectivity index (χ1) is 12.2. The Morgan fingerprint density at radius 2 is 1.84 bits per heavy atom. The third-order valence-electron chi connectivity index (χ3n) is 4.76. The molecule has 4 heteroatoms. The second-order valence-corrected chi connectivity index (χ2v) is 6.50. The van der Waals surface area contributed by atoms with E-state index >= 15 is 0 Å². The van der Waals surface area contributed by atoms with Gasteiger partial charge >= 0.3 is 0 Å². The van der Waals surface area contributed by atoms with Crippen molar-refractivity contribution in [2.75, 3.05) is 19.6 Å². The molecule has 130 valence electrons. The van der Waals surface area contributed by atoms with Crippen molar-refractivity contribution >= 4 is 11.5 Å². The zero-order chi connectivity index (χ0) is 17.5. The van der Waals surface area contributed by atoms with Gasteiger partial charge in [0.15, 0.2) is 5.78 Å². The summed E-state index contributed by atoms with van der Waals surface area (Å²) in [6.45, 7) is 2.89. The van der Waals surface area contributed by atoms with E-state index in [-0.39, 0.29) is 17.5 Å². The average molecular weight is 336 g/mol. The average Bonchev–Trinajstić information content (AvgIpc) is 2.68. The molecule has 0 atom stereocenters. The standard InChI is InChI=1S/C21H24N2O2/c24-20(16-21(25)19-8-4-5-12-22-19)18-10-14-23(15-11-18)13-9-17-6-2-1-3-7-17/h1-8,12,16,18,25H,9-11,13-15H2/b21-16-. The van der Waals surface area contributed by atoms with Crippen LogP contribution in [0, 0.1) is 5.92 Å². The summed E-state index contributed by atoms with van der Waals surface area (Å²) in [5.74, 6) is -0.0400. The third-order valence-corrected chi connectivity index (χ3v) is 4.76. The predicted molar refractivity (Wildman–Crippen MR) is 99.2 cm³/mol. The van der Waals surface area contributed by atoms with Gasteiger partial charge in [-0.3, -0.25) is 9.78 Å². The van der Waals surface area contributed by atoms with Crippen molar-refractivity contribution in [1.82, 2.24) is 9.88 Å². The Morgan fingerprint density at radius 3 is 2.52 bits per heavy atom. The highest BCUT2D eigenvalue weighted by Gasteiger charge is 2.24. The minimum absolute atomic E-state index is 0.00108. The summed E-state index contributed by atoms with van der Waals surface area (Å²) in [6, 6.07) is 15.8. The van der Waals surface area contributed by atoms with Gasteiger partial charge < -0.3 is 10.0 Å². The van der Waals surface area contributed by atoms with Crippen molar-refractivity contribution in [3.63, 3.8) is 0 Å². The van der Waals surface area contributed by atoms with Gasteiger partial charge in [-0.1, -0.05) is 36.4 Å². The molecule has 0 bridgehead atoms. The molecule has 3 rings (SSSR count). The number of aliphatic hydroxyl groups excluding tert-OH is 1. The van der Waals surface area contributed by atoms with Crippen molar-refractivity contribution in [1.29, 1.82) is 0 Å². The molecule has 1 aromatic heterocycles. The lowest BCUT2D eigenvalue weighted by Crippen LogP contribution is -2.37. The summed E-state index contributed by atoms with van der Waals surface area (Å²) in [7, 11) is 0. The molecule has 1 N–H and O–H groups in total. The molecule has 1 aliphatic rings. The molecule has 4 nitrogen and oxygen atoms in total. The van der Waals surface area contributed by atoms with E-state index in [4.69, 9.17) is 0 Å². The first-order valence-corrected chi connectivity index (χ1v) is 8.84. The van der Waals surface area contributed by atoms with Gasteiger partial charge in [-0.2, -0.15) is 0 Å². The first-order valence-electron chi connectivity index (χ1n) is 8.84. The van der Waals surface area contributed by atoms with Crippen LogP contribution in [0.15, 0.2) is 60.8 Å². The number of benzene rings is 1. The number of carbonyl (C=O) groups is 1. The van der Waals surface area contributed by atoms with Gasteiger partial charge in [-0.05, 0) is 50.0 Å². The smallest absolute Gasteiger partial charge is 0.162 e. The van der Waals surface area contributed by atoms with Crippen LogP contribution >= 0.6 is 0 Å². The highest BCUT2D eigenvalue weighted by Crippen LogP contribution is 2.20. The van der Waals surface area contributed by atoms with Gasteiger partial charge in [0, 0.05) is 24.7 Å². The summed E-state index contributed by atoms with van der Waals surface area (Å²) in [6.07, 6.45) is 5.68. The highest BCUT2D eigenvalue weighted by molar-refractivity contribution is 5.96. The summed E-state index contributed by atoms with van der Waals surface area (Å²) in [5.41, 5.74) is 1.79. The summed E-state index contributed by atoms with van der Waals surface area (Å²) < 4.78 is 0. The van der Waals surface area contributed by atoms with Crippen LogP contribution in [0.5, 0.6) is 0 Å². The Balaban J connectivity index is 1.47. The third kappa shape index (κ3) is 5.00. The maximum absolute atomic E-state index is 12.4. The molecule has 2 heterocycles. The van der Waals surface area contributed by atoms with E-state index in [0.29, 0.717) is 5.69 Å². The fourth-order valence-electron chi connectivity index (χ4n) is 3.21. The Kier molecular flexibility index (Phi) is 5.96. The van der Waals surface area contributed by atoms with Gasteiger partial charge in [-0.15, -0.1) is 0 Å². The Hall–Kier alpha value is -2.46. The summed E-state index contributed by atoms with van der Waals surface area (Å²) >= 11 is 0. The number of ketones is 1. The second-order valence-electron chi connectivity index (χ2n) is 6.50. The Labute approximate surface area is 148 Å². The maximum atomic E-state index is 12.4. The Bertz CT molecular complexity index is 705. The monoisotopic (exact) mass is 336 g/mol. The number of hydrogen-bond acceptors (Lipinski definition) is 4. The number of likely N-dealkylation sites (tertiary alicyclic amines) is 1. The molecule has 0 aliphatic carbocycles. The number of hydrogen-bond donors (Lipinski definition) is 1. The minimum Gasteiger partial charge on any atom is -0.506 e. The van der Waals surface area contributed by atoms with Crippen LogP contribution in [0.2, 0.25) is 0 Å². The topological polar surface area (TPSA) is 53.4 Å². The fourth-order valence-corrected chi connectivity index (χ4v) is 3.21. The molecule has 0 radical (unpaired) electrons. The largest absolute Gasteiger partial charge is 0.506 e. The van der Waals surface area contributed by atoms with E-state index in [1.165, 1.54) is 11.6 Å². The van der Waals surface area contributed by atoms with Crippen LogP contribution in [-0.4, -0.2) is 40.4 Å². The van der Waals surface area contributed by atoms with Crippen LogP contribution in [0.1, 0.15) is 24.1 Å². The lowest BCUT2D eigenvalue weighted by Gasteiger charge is -2.30. The number of rotatable bonds is 6. The molecular formula is C21H24N2O2. The van der Waals surface area contributed by atoms with Crippen molar-refractivity contribution in [2.45, 2.75) is 19.3 Å². The van der Waals surface area contributed by atoms with Crippen molar-refractivity contribution in [2.24, 2.45) is 5.92 Å². The molecule has 1 aliphatic heterocycles. The van der Waals surface area contributed by atoms with E-state index in [9.17, 15) is 9.90 Å². The molecule has 1 aromatic carbocycles. The zero-order valence-electron chi connectivity index (χ0n) is 14.3. The quantitative estimate of drug-likeness (QED) is 0.648. The number of aromatic nitrogens is 1. The van der Waals surface area contributed by atoms with Crippen LogP contribution in [0.4, 0.5) is 0 Å². The van der Waals surface area contributed by atoms with Crippen LogP contribution < -0.4 is 0 Å². The second kappa shape index (κ2) is 8.58. The number of nitrogens with zero attached hydrogens (tertiary/aromatic N) is 2. The zero-order valence-corrected chi connectivity index (χ0v) is 14.3. The molecule has 1 fully saturated rings. The van der Waals surface area contributed by atoms with Crippen LogP contribution in [0.25, 0.3) is 5.76 Å². The van der Waals surface area contributed by atoms with Crippen molar-refractivity contribution in [3.05, 3.63) is 72.1 Å². The van der Waals surface area contributed by atoms with Gasteiger partial charge in [0.25, 0.3) is 0 Å². The predicted octanol–water partition coefficient (Wildman–Crippen LogP) is 3.50. The number of pyridine rings is 1. The van der Waals surface area contributed by atoms with E-state index < -0.39 is 0 Å². The summed E-state index contributed by atoms with van der Waals surface area (Å²) in [5, 5.41) is 10.1. The molecule has 0 amide bonds. The molecule has 0 spiro atoms. The SMILES string of the molecule is O=C(/C=C(\O)c1ccccn1)C1CCN(CCc2ccccc2)CC1. The summed E-state index contributed by atoms with van der Waals surface area (Å²) in [4.78, 5) is 18.9. The normalized spacial score (nSPS) is 16.7. The molecule has 0 saturated carbocycles. The van der Waals surface area contributed by atoms with E-state index in [2.05, 4.69) is 34.1 Å². The van der Waals surface area contributed by atoms with Crippen molar-refractivity contribution < 1.29 is 9.90 Å².